The summed E-state index contributed by atoms with van der Waals surface area (Å²) in [5.74, 6) is 0. The molecule has 1 unspecified atom stereocenters. The minimum Gasteiger partial charge on any atom is -0.308 e. The van der Waals surface area contributed by atoms with Gasteiger partial charge in [0.15, 0.2) is 0 Å². The molecule has 1 saturated heterocycles. The summed E-state index contributed by atoms with van der Waals surface area (Å²) >= 11 is 0. The highest BCUT2D eigenvalue weighted by Gasteiger charge is 2.40. The van der Waals surface area contributed by atoms with Crippen LogP contribution in [0.3, 0.4) is 0 Å². The summed E-state index contributed by atoms with van der Waals surface area (Å²) in [7, 11) is 0. The van der Waals surface area contributed by atoms with E-state index in [9.17, 15) is 13.2 Å². The average Bonchev–Trinajstić information content (AvgIpc) is 2.65. The van der Waals surface area contributed by atoms with E-state index in [-0.39, 0.29) is 0 Å². The Hall–Kier alpha value is -1.03. The smallest absolute Gasteiger partial charge is 0.308 e. The predicted octanol–water partition coefficient (Wildman–Crippen LogP) is 3.30. The molecule has 1 fully saturated rings. The van der Waals surface area contributed by atoms with E-state index in [0.29, 0.717) is 5.56 Å². The van der Waals surface area contributed by atoms with Gasteiger partial charge in [-0.25, -0.2) is 0 Å². The minimum atomic E-state index is -4.27. The summed E-state index contributed by atoms with van der Waals surface area (Å²) in [6.07, 6.45) is -2.60. The van der Waals surface area contributed by atoms with Gasteiger partial charge in [0, 0.05) is 5.54 Å². The van der Waals surface area contributed by atoms with Crippen LogP contribution in [0.15, 0.2) is 24.3 Å². The van der Waals surface area contributed by atoms with E-state index in [0.717, 1.165) is 25.5 Å². The molecule has 1 aromatic carbocycles. The minimum absolute atomic E-state index is 0.361. The second kappa shape index (κ2) is 3.77. The Balaban J connectivity index is 2.48. The van der Waals surface area contributed by atoms with Crippen LogP contribution in [0.1, 0.15) is 30.9 Å². The molecular formula is C12H14F3N. The quantitative estimate of drug-likeness (QED) is 0.779. The Morgan fingerprint density at radius 3 is 2.50 bits per heavy atom. The molecule has 0 aromatic heterocycles. The lowest BCUT2D eigenvalue weighted by Gasteiger charge is -2.28. The lowest BCUT2D eigenvalue weighted by Crippen LogP contribution is -2.35. The largest absolute Gasteiger partial charge is 0.416 e. The summed E-state index contributed by atoms with van der Waals surface area (Å²) < 4.78 is 38.5. The summed E-state index contributed by atoms with van der Waals surface area (Å²) in [5, 5.41) is 3.16. The fraction of sp³-hybridized carbons (Fsp3) is 0.500. The van der Waals surface area contributed by atoms with Crippen LogP contribution in [0.25, 0.3) is 0 Å². The Morgan fingerprint density at radius 1 is 1.25 bits per heavy atom. The van der Waals surface area contributed by atoms with Crippen LogP contribution in [-0.4, -0.2) is 6.54 Å². The number of hydrogen-bond donors (Lipinski definition) is 1. The molecule has 0 saturated carbocycles. The molecule has 0 aliphatic carbocycles. The van der Waals surface area contributed by atoms with Crippen molar-refractivity contribution in [1.29, 1.82) is 0 Å². The standard InChI is InChI=1S/C12H14F3N/c1-11(7-4-8-16-11)9-5-2-3-6-10(9)12(13,14)15/h2-3,5-6,16H,4,7-8H2,1H3. The third-order valence-corrected chi connectivity index (χ3v) is 3.20. The van der Waals surface area contributed by atoms with Crippen LogP contribution in [0.4, 0.5) is 13.2 Å². The topological polar surface area (TPSA) is 12.0 Å². The normalized spacial score (nSPS) is 26.0. The second-order valence-electron chi connectivity index (χ2n) is 4.41. The number of alkyl halides is 3. The second-order valence-corrected chi connectivity index (χ2v) is 4.41. The molecule has 1 heterocycles. The summed E-state index contributed by atoms with van der Waals surface area (Å²) in [4.78, 5) is 0. The SMILES string of the molecule is CC1(c2ccccc2C(F)(F)F)CCCN1. The van der Waals surface area contributed by atoms with Crippen molar-refractivity contribution in [3.63, 3.8) is 0 Å². The lowest BCUT2D eigenvalue weighted by molar-refractivity contribution is -0.138. The van der Waals surface area contributed by atoms with E-state index >= 15 is 0 Å². The molecule has 4 heteroatoms. The van der Waals surface area contributed by atoms with Crippen molar-refractivity contribution in [3.8, 4) is 0 Å². The van der Waals surface area contributed by atoms with E-state index in [4.69, 9.17) is 0 Å². The van der Waals surface area contributed by atoms with Gasteiger partial charge in [-0.3, -0.25) is 0 Å². The van der Waals surface area contributed by atoms with Gasteiger partial charge in [-0.2, -0.15) is 13.2 Å². The van der Waals surface area contributed by atoms with Crippen LogP contribution in [0, 0.1) is 0 Å². The first-order chi connectivity index (χ1) is 7.43. The zero-order valence-electron chi connectivity index (χ0n) is 9.06. The third-order valence-electron chi connectivity index (χ3n) is 3.20. The number of benzene rings is 1. The van der Waals surface area contributed by atoms with E-state index in [1.165, 1.54) is 6.07 Å². The highest BCUT2D eigenvalue weighted by Crippen LogP contribution is 2.39. The summed E-state index contributed by atoms with van der Waals surface area (Å²) in [5.41, 5.74) is -0.696. The van der Waals surface area contributed by atoms with Crippen molar-refractivity contribution in [2.45, 2.75) is 31.5 Å². The average molecular weight is 229 g/mol. The Morgan fingerprint density at radius 2 is 1.94 bits per heavy atom. The third kappa shape index (κ3) is 1.94. The van der Waals surface area contributed by atoms with Gasteiger partial charge < -0.3 is 5.32 Å². The highest BCUT2D eigenvalue weighted by atomic mass is 19.4. The molecule has 2 rings (SSSR count). The zero-order chi connectivity index (χ0) is 11.8. The molecule has 1 atom stereocenters. The fourth-order valence-corrected chi connectivity index (χ4v) is 2.34. The summed E-state index contributed by atoms with van der Waals surface area (Å²) in [6, 6.07) is 5.82. The zero-order valence-corrected chi connectivity index (χ0v) is 9.06. The molecule has 0 amide bonds. The van der Waals surface area contributed by atoms with Crippen LogP contribution in [0.5, 0.6) is 0 Å². The number of rotatable bonds is 1. The monoisotopic (exact) mass is 229 g/mol. The molecule has 16 heavy (non-hydrogen) atoms. The molecule has 0 bridgehead atoms. The molecule has 88 valence electrons. The van der Waals surface area contributed by atoms with Gasteiger partial charge in [-0.1, -0.05) is 18.2 Å². The molecule has 1 N–H and O–H groups in total. The molecule has 1 aliphatic rings. The van der Waals surface area contributed by atoms with Crippen LogP contribution in [0.2, 0.25) is 0 Å². The van der Waals surface area contributed by atoms with Gasteiger partial charge in [0.05, 0.1) is 5.56 Å². The van der Waals surface area contributed by atoms with Crippen LogP contribution in [-0.2, 0) is 11.7 Å². The lowest BCUT2D eigenvalue weighted by atomic mass is 9.87. The van der Waals surface area contributed by atoms with E-state index < -0.39 is 17.3 Å². The van der Waals surface area contributed by atoms with E-state index in [1.54, 1.807) is 12.1 Å². The van der Waals surface area contributed by atoms with Gasteiger partial charge >= 0.3 is 6.18 Å². The predicted molar refractivity (Wildman–Crippen MR) is 56.0 cm³/mol. The first-order valence-corrected chi connectivity index (χ1v) is 5.35. The van der Waals surface area contributed by atoms with Crippen molar-refractivity contribution in [1.82, 2.24) is 5.32 Å². The highest BCUT2D eigenvalue weighted by molar-refractivity contribution is 5.36. The Labute approximate surface area is 92.7 Å². The van der Waals surface area contributed by atoms with Crippen molar-refractivity contribution in [2.24, 2.45) is 0 Å². The van der Waals surface area contributed by atoms with Crippen molar-refractivity contribution in [2.75, 3.05) is 6.54 Å². The maximum Gasteiger partial charge on any atom is 0.416 e. The van der Waals surface area contributed by atoms with Gasteiger partial charge in [0.1, 0.15) is 0 Å². The van der Waals surface area contributed by atoms with Crippen molar-refractivity contribution < 1.29 is 13.2 Å². The van der Waals surface area contributed by atoms with Gasteiger partial charge in [-0.05, 0) is 37.9 Å². The first kappa shape index (κ1) is 11.5. The Kier molecular flexibility index (Phi) is 2.70. The maximum atomic E-state index is 12.8. The molecule has 0 radical (unpaired) electrons. The fourth-order valence-electron chi connectivity index (χ4n) is 2.34. The van der Waals surface area contributed by atoms with Crippen LogP contribution < -0.4 is 5.32 Å². The first-order valence-electron chi connectivity index (χ1n) is 5.35. The molecule has 1 nitrogen and oxygen atoms in total. The molecule has 0 spiro atoms. The Bertz CT molecular complexity index is 378. The van der Waals surface area contributed by atoms with Gasteiger partial charge in [0.25, 0.3) is 0 Å². The number of halogens is 3. The van der Waals surface area contributed by atoms with Gasteiger partial charge in [-0.15, -0.1) is 0 Å². The van der Waals surface area contributed by atoms with Crippen molar-refractivity contribution in [3.05, 3.63) is 35.4 Å². The summed E-state index contributed by atoms with van der Waals surface area (Å²) in [6.45, 7) is 2.62. The number of nitrogens with one attached hydrogen (secondary N) is 1. The molecular weight excluding hydrogens is 215 g/mol. The van der Waals surface area contributed by atoms with Crippen LogP contribution >= 0.6 is 0 Å². The van der Waals surface area contributed by atoms with E-state index in [2.05, 4.69) is 5.32 Å². The molecule has 1 aromatic rings. The number of hydrogen-bond acceptors (Lipinski definition) is 1. The maximum absolute atomic E-state index is 12.8. The van der Waals surface area contributed by atoms with Gasteiger partial charge in [0.2, 0.25) is 0 Å². The van der Waals surface area contributed by atoms with E-state index in [1.807, 2.05) is 6.92 Å². The molecule has 1 aliphatic heterocycles. The van der Waals surface area contributed by atoms with Crippen molar-refractivity contribution >= 4 is 0 Å².